The van der Waals surface area contributed by atoms with E-state index in [0.29, 0.717) is 19.7 Å². The Morgan fingerprint density at radius 1 is 1.60 bits per heavy atom. The van der Waals surface area contributed by atoms with Gasteiger partial charge in [-0.3, -0.25) is 9.59 Å². The minimum absolute atomic E-state index is 0.0918. The summed E-state index contributed by atoms with van der Waals surface area (Å²) in [5.41, 5.74) is 5.64. The number of carbonyl (C=O) groups is 2. The van der Waals surface area contributed by atoms with E-state index >= 15 is 0 Å². The molecule has 2 N–H and O–H groups in total. The molecule has 0 spiro atoms. The Morgan fingerprint density at radius 3 is 3.00 bits per heavy atom. The molecule has 1 amide bonds. The van der Waals surface area contributed by atoms with E-state index in [1.807, 2.05) is 6.92 Å². The van der Waals surface area contributed by atoms with Crippen molar-refractivity contribution in [3.63, 3.8) is 0 Å². The predicted molar refractivity (Wildman–Crippen MR) is 74.7 cm³/mol. The maximum absolute atomic E-state index is 12.2. The Hall–Kier alpha value is -1.08. The molecule has 0 aromatic carbocycles. The number of nitrogens with zero attached hydrogens (tertiary/aromatic N) is 1. The van der Waals surface area contributed by atoms with E-state index in [0.717, 1.165) is 19.2 Å². The van der Waals surface area contributed by atoms with Gasteiger partial charge >= 0.3 is 7.12 Å². The van der Waals surface area contributed by atoms with Gasteiger partial charge in [0, 0.05) is 19.7 Å². The molecule has 2 fully saturated rings. The van der Waals surface area contributed by atoms with Crippen LogP contribution in [0.25, 0.3) is 0 Å². The molecular formula is C13H23BN2O4. The SMILES string of the molecule is CCOB1CCC[C@H]2CN(C(=O)[C@H](C)N)CC2C(=O)O1. The van der Waals surface area contributed by atoms with Crippen LogP contribution in [0.15, 0.2) is 0 Å². The first-order valence-corrected chi connectivity index (χ1v) is 7.39. The highest BCUT2D eigenvalue weighted by atomic mass is 16.6. The number of likely N-dealkylation sites (tertiary alicyclic amines) is 1. The van der Waals surface area contributed by atoms with Gasteiger partial charge in [0.2, 0.25) is 5.91 Å². The Morgan fingerprint density at radius 2 is 2.35 bits per heavy atom. The van der Waals surface area contributed by atoms with E-state index in [2.05, 4.69) is 0 Å². The minimum Gasteiger partial charge on any atom is -0.509 e. The van der Waals surface area contributed by atoms with Crippen molar-refractivity contribution < 1.29 is 18.9 Å². The number of amides is 1. The molecule has 0 aromatic rings. The summed E-state index contributed by atoms with van der Waals surface area (Å²) in [6.07, 6.45) is 2.59. The van der Waals surface area contributed by atoms with Crippen molar-refractivity contribution in [2.75, 3.05) is 19.7 Å². The zero-order valence-electron chi connectivity index (χ0n) is 12.2. The van der Waals surface area contributed by atoms with Crippen LogP contribution in [0, 0.1) is 11.8 Å². The molecule has 2 heterocycles. The maximum atomic E-state index is 12.2. The lowest BCUT2D eigenvalue weighted by Gasteiger charge is -2.23. The smallest absolute Gasteiger partial charge is 0.509 e. The van der Waals surface area contributed by atoms with Gasteiger partial charge in [0.15, 0.2) is 0 Å². The first-order valence-electron chi connectivity index (χ1n) is 7.39. The molecule has 2 saturated heterocycles. The summed E-state index contributed by atoms with van der Waals surface area (Å²) in [5, 5.41) is 0. The van der Waals surface area contributed by atoms with Crippen molar-refractivity contribution in [1.82, 2.24) is 4.90 Å². The van der Waals surface area contributed by atoms with Gasteiger partial charge in [-0.2, -0.15) is 0 Å². The molecule has 112 valence electrons. The Bertz CT molecular complexity index is 377. The zero-order chi connectivity index (χ0) is 14.7. The van der Waals surface area contributed by atoms with Crippen LogP contribution in [0.4, 0.5) is 0 Å². The monoisotopic (exact) mass is 282 g/mol. The fourth-order valence-electron chi connectivity index (χ4n) is 3.02. The van der Waals surface area contributed by atoms with Crippen LogP contribution in [-0.2, 0) is 18.9 Å². The first kappa shape index (κ1) is 15.3. The molecule has 1 unspecified atom stereocenters. The number of carbonyl (C=O) groups excluding carboxylic acids is 2. The van der Waals surface area contributed by atoms with Crippen LogP contribution in [0.2, 0.25) is 6.32 Å². The van der Waals surface area contributed by atoms with Crippen LogP contribution in [0.5, 0.6) is 0 Å². The van der Waals surface area contributed by atoms with Gasteiger partial charge in [0.1, 0.15) is 0 Å². The van der Waals surface area contributed by atoms with Crippen LogP contribution in [0.3, 0.4) is 0 Å². The van der Waals surface area contributed by atoms with E-state index in [4.69, 9.17) is 15.0 Å². The molecular weight excluding hydrogens is 259 g/mol. The average molecular weight is 282 g/mol. The molecule has 0 bridgehead atoms. The largest absolute Gasteiger partial charge is 0.527 e. The second-order valence-electron chi connectivity index (χ2n) is 5.65. The second-order valence-corrected chi connectivity index (χ2v) is 5.65. The van der Waals surface area contributed by atoms with Crippen molar-refractivity contribution >= 4 is 19.0 Å². The van der Waals surface area contributed by atoms with Gasteiger partial charge in [-0.25, -0.2) is 0 Å². The molecule has 0 saturated carbocycles. The summed E-state index contributed by atoms with van der Waals surface area (Å²) in [5.74, 6) is -0.382. The average Bonchev–Trinajstić information content (AvgIpc) is 2.80. The highest BCUT2D eigenvalue weighted by molar-refractivity contribution is 6.46. The Balaban J connectivity index is 2.02. The summed E-state index contributed by atoms with van der Waals surface area (Å²) in [6.45, 7) is 5.11. The van der Waals surface area contributed by atoms with Crippen molar-refractivity contribution in [3.05, 3.63) is 0 Å². The van der Waals surface area contributed by atoms with E-state index < -0.39 is 13.2 Å². The van der Waals surface area contributed by atoms with Crippen LogP contribution < -0.4 is 5.73 Å². The number of hydrogen-bond acceptors (Lipinski definition) is 5. The predicted octanol–water partition coefficient (Wildman–Crippen LogP) is 0.270. The van der Waals surface area contributed by atoms with Crippen molar-refractivity contribution in [2.45, 2.75) is 39.1 Å². The third-order valence-electron chi connectivity index (χ3n) is 4.06. The highest BCUT2D eigenvalue weighted by Crippen LogP contribution is 2.32. The lowest BCUT2D eigenvalue weighted by atomic mass is 9.77. The first-order chi connectivity index (χ1) is 9.52. The molecule has 0 radical (unpaired) electrons. The fraction of sp³-hybridized carbons (Fsp3) is 0.846. The van der Waals surface area contributed by atoms with E-state index in [1.54, 1.807) is 11.8 Å². The van der Waals surface area contributed by atoms with Crippen LogP contribution in [0.1, 0.15) is 26.7 Å². The van der Waals surface area contributed by atoms with E-state index in [9.17, 15) is 9.59 Å². The number of fused-ring (bicyclic) bond motifs is 1. The quantitative estimate of drug-likeness (QED) is 0.751. The van der Waals surface area contributed by atoms with Gasteiger partial charge in [-0.1, -0.05) is 6.42 Å². The topological polar surface area (TPSA) is 81.9 Å². The minimum atomic E-state index is -0.522. The number of nitrogens with two attached hydrogens (primary N) is 1. The molecule has 6 nitrogen and oxygen atoms in total. The standard InChI is InChI=1S/C13H23BN2O4/c1-3-19-14-6-4-5-10-7-16(12(17)9(2)15)8-11(10)13(18)20-14/h9-11H,3-8,15H2,1-2H3/t9-,10-,11?/m0/s1. The molecule has 2 aliphatic rings. The highest BCUT2D eigenvalue weighted by Gasteiger charge is 2.43. The fourth-order valence-corrected chi connectivity index (χ4v) is 3.02. The summed E-state index contributed by atoms with van der Waals surface area (Å²) >= 11 is 0. The van der Waals surface area contributed by atoms with Gasteiger partial charge in [-0.05, 0) is 32.5 Å². The summed E-state index contributed by atoms with van der Waals surface area (Å²) < 4.78 is 10.8. The lowest BCUT2D eigenvalue weighted by Crippen LogP contribution is -2.41. The molecule has 0 aliphatic carbocycles. The summed E-state index contributed by atoms with van der Waals surface area (Å²) in [4.78, 5) is 25.9. The molecule has 3 atom stereocenters. The number of hydrogen-bond donors (Lipinski definition) is 1. The van der Waals surface area contributed by atoms with Gasteiger partial charge < -0.3 is 19.9 Å². The van der Waals surface area contributed by atoms with Crippen molar-refractivity contribution in [1.29, 1.82) is 0 Å². The Labute approximate surface area is 120 Å². The summed E-state index contributed by atoms with van der Waals surface area (Å²) in [7, 11) is -0.438. The molecule has 20 heavy (non-hydrogen) atoms. The normalized spacial score (nSPS) is 28.4. The van der Waals surface area contributed by atoms with Gasteiger partial charge in [-0.15, -0.1) is 0 Å². The zero-order valence-corrected chi connectivity index (χ0v) is 12.2. The molecule has 7 heteroatoms. The van der Waals surface area contributed by atoms with Gasteiger partial charge in [0.05, 0.1) is 12.0 Å². The Kier molecular flexibility index (Phi) is 5.04. The van der Waals surface area contributed by atoms with Crippen molar-refractivity contribution in [3.8, 4) is 0 Å². The summed E-state index contributed by atoms with van der Waals surface area (Å²) in [6, 6.07) is -0.522. The molecule has 2 rings (SSSR count). The third-order valence-corrected chi connectivity index (χ3v) is 4.06. The van der Waals surface area contributed by atoms with Gasteiger partial charge in [0.25, 0.3) is 5.97 Å². The second kappa shape index (κ2) is 6.58. The number of rotatable bonds is 3. The van der Waals surface area contributed by atoms with E-state index in [-0.39, 0.29) is 23.7 Å². The van der Waals surface area contributed by atoms with Crippen LogP contribution >= 0.6 is 0 Å². The third kappa shape index (κ3) is 3.33. The molecule has 2 aliphatic heterocycles. The maximum Gasteiger partial charge on any atom is 0.527 e. The van der Waals surface area contributed by atoms with Crippen LogP contribution in [-0.4, -0.2) is 49.6 Å². The lowest BCUT2D eigenvalue weighted by molar-refractivity contribution is -0.142. The van der Waals surface area contributed by atoms with E-state index in [1.165, 1.54) is 0 Å². The molecule has 0 aromatic heterocycles. The van der Waals surface area contributed by atoms with Crippen molar-refractivity contribution in [2.24, 2.45) is 17.6 Å².